The lowest BCUT2D eigenvalue weighted by atomic mass is 10.0. The Kier molecular flexibility index (Phi) is 3.73. The van der Waals surface area contributed by atoms with Crippen LogP contribution < -0.4 is 15.4 Å². The average molecular weight is 335 g/mol. The van der Waals surface area contributed by atoms with Gasteiger partial charge in [-0.05, 0) is 32.0 Å². The molecule has 2 aromatic rings. The zero-order valence-electron chi connectivity index (χ0n) is 12.6. The van der Waals surface area contributed by atoms with Gasteiger partial charge in [0.1, 0.15) is 5.75 Å². The van der Waals surface area contributed by atoms with E-state index in [1.54, 1.807) is 29.1 Å². The van der Waals surface area contributed by atoms with Crippen LogP contribution in [-0.4, -0.2) is 27.2 Å². The van der Waals surface area contributed by atoms with E-state index < -0.39 is 17.4 Å². The first-order valence-corrected chi connectivity index (χ1v) is 7.44. The molecule has 0 radical (unpaired) electrons. The Hall–Kier alpha value is -2.54. The molecule has 1 aromatic heterocycles. The zero-order valence-corrected chi connectivity index (χ0v) is 13.3. The van der Waals surface area contributed by atoms with Gasteiger partial charge in [-0.25, -0.2) is 0 Å². The fourth-order valence-corrected chi connectivity index (χ4v) is 2.37. The molecule has 2 heterocycles. The molecule has 3 rings (SSSR count). The first kappa shape index (κ1) is 15.4. The van der Waals surface area contributed by atoms with E-state index in [1.165, 1.54) is 13.1 Å². The minimum atomic E-state index is -1.69. The van der Waals surface area contributed by atoms with Gasteiger partial charge in [-0.15, -0.1) is 0 Å². The van der Waals surface area contributed by atoms with Crippen LogP contribution in [0.3, 0.4) is 0 Å². The summed E-state index contributed by atoms with van der Waals surface area (Å²) in [5.41, 5.74) is -0.752. The van der Waals surface area contributed by atoms with Gasteiger partial charge in [-0.1, -0.05) is 11.6 Å². The first-order chi connectivity index (χ1) is 10.9. The van der Waals surface area contributed by atoms with Crippen LogP contribution >= 0.6 is 11.6 Å². The number of anilines is 2. The highest BCUT2D eigenvalue weighted by molar-refractivity contribution is 6.31. The summed E-state index contributed by atoms with van der Waals surface area (Å²) in [5, 5.41) is 9.82. The topological polar surface area (TPSA) is 85.3 Å². The molecule has 120 valence electrons. The van der Waals surface area contributed by atoms with Crippen LogP contribution in [0.2, 0.25) is 5.02 Å². The van der Waals surface area contributed by atoms with Crippen molar-refractivity contribution in [2.24, 2.45) is 0 Å². The number of benzene rings is 1. The van der Waals surface area contributed by atoms with E-state index in [0.717, 1.165) is 0 Å². The number of fused-ring (bicyclic) bond motifs is 1. The second-order valence-electron chi connectivity index (χ2n) is 5.27. The van der Waals surface area contributed by atoms with Gasteiger partial charge in [0.2, 0.25) is 0 Å². The number of amides is 2. The molecule has 0 saturated carbocycles. The van der Waals surface area contributed by atoms with Crippen molar-refractivity contribution in [2.75, 3.05) is 10.6 Å². The highest BCUT2D eigenvalue weighted by Crippen LogP contribution is 2.35. The number of carbonyl (C=O) groups excluding carboxylic acids is 2. The Morgan fingerprint density at radius 1 is 1.52 bits per heavy atom. The van der Waals surface area contributed by atoms with E-state index in [9.17, 15) is 9.59 Å². The molecule has 0 aliphatic carbocycles. The second-order valence-corrected chi connectivity index (χ2v) is 5.71. The molecule has 1 aromatic carbocycles. The van der Waals surface area contributed by atoms with Crippen LogP contribution in [0.1, 0.15) is 13.8 Å². The monoisotopic (exact) mass is 334 g/mol. The number of halogens is 1. The number of nitrogens with one attached hydrogen (secondary N) is 2. The summed E-state index contributed by atoms with van der Waals surface area (Å²) in [5.74, 6) is -0.755. The highest BCUT2D eigenvalue weighted by Gasteiger charge is 2.47. The lowest BCUT2D eigenvalue weighted by Crippen LogP contribution is -2.56. The summed E-state index contributed by atoms with van der Waals surface area (Å²) in [6, 6.07) is 4.80. The average Bonchev–Trinajstić information content (AvgIpc) is 2.96. The predicted molar refractivity (Wildman–Crippen MR) is 85.6 cm³/mol. The van der Waals surface area contributed by atoms with Crippen molar-refractivity contribution in [2.45, 2.75) is 26.0 Å². The minimum Gasteiger partial charge on any atom is -0.466 e. The van der Waals surface area contributed by atoms with E-state index in [4.69, 9.17) is 16.3 Å². The van der Waals surface area contributed by atoms with Gasteiger partial charge in [0.15, 0.2) is 0 Å². The van der Waals surface area contributed by atoms with Gasteiger partial charge in [-0.2, -0.15) is 5.10 Å². The molecule has 1 unspecified atom stereocenters. The lowest BCUT2D eigenvalue weighted by Gasteiger charge is -2.33. The highest BCUT2D eigenvalue weighted by atomic mass is 35.5. The van der Waals surface area contributed by atoms with Crippen LogP contribution in [0, 0.1) is 0 Å². The van der Waals surface area contributed by atoms with Gasteiger partial charge >= 0.3 is 0 Å². The fraction of sp³-hybridized carbons (Fsp3) is 0.267. The third-order valence-electron chi connectivity index (χ3n) is 3.59. The number of ether oxygens (including phenoxy) is 1. The first-order valence-electron chi connectivity index (χ1n) is 7.06. The normalized spacial score (nSPS) is 19.5. The summed E-state index contributed by atoms with van der Waals surface area (Å²) in [6.45, 7) is 4.03. The number of rotatable bonds is 3. The summed E-state index contributed by atoms with van der Waals surface area (Å²) in [4.78, 5) is 24.8. The SMILES string of the molecule is CCn1cc(NC(=O)C2(C)Oc3ccc(Cl)cc3NC2=O)cn1. The number of hydrogen-bond donors (Lipinski definition) is 2. The standard InChI is InChI=1S/C15H15ClN4O3/c1-3-20-8-10(7-17-20)18-13(21)15(2)14(22)19-11-6-9(16)4-5-12(11)23-15/h4-8H,3H2,1-2H3,(H,18,21)(H,19,22). The van der Waals surface area contributed by atoms with E-state index in [1.807, 2.05) is 6.92 Å². The van der Waals surface area contributed by atoms with Gasteiger partial charge in [-0.3, -0.25) is 14.3 Å². The zero-order chi connectivity index (χ0) is 16.6. The van der Waals surface area contributed by atoms with Crippen LogP contribution in [0.5, 0.6) is 5.75 Å². The van der Waals surface area contributed by atoms with Crippen molar-refractivity contribution < 1.29 is 14.3 Å². The Labute approximate surface area is 137 Å². The van der Waals surface area contributed by atoms with Crippen LogP contribution in [0.4, 0.5) is 11.4 Å². The Bertz CT molecular complexity index is 789. The minimum absolute atomic E-state index is 0.385. The molecule has 23 heavy (non-hydrogen) atoms. The number of carbonyl (C=O) groups is 2. The maximum absolute atomic E-state index is 12.5. The predicted octanol–water partition coefficient (Wildman–Crippen LogP) is 2.28. The molecule has 0 saturated heterocycles. The van der Waals surface area contributed by atoms with Crippen molar-refractivity contribution in [3.63, 3.8) is 0 Å². The summed E-state index contributed by atoms with van der Waals surface area (Å²) >= 11 is 5.89. The summed E-state index contributed by atoms with van der Waals surface area (Å²) in [7, 11) is 0. The van der Waals surface area contributed by atoms with E-state index in [-0.39, 0.29) is 0 Å². The number of hydrogen-bond acceptors (Lipinski definition) is 4. The maximum atomic E-state index is 12.5. The molecule has 1 aliphatic rings. The van der Waals surface area contributed by atoms with Gasteiger partial charge in [0.25, 0.3) is 17.4 Å². The molecule has 1 aliphatic heterocycles. The molecule has 8 heteroatoms. The number of aromatic nitrogens is 2. The second kappa shape index (κ2) is 5.58. The van der Waals surface area contributed by atoms with E-state index in [0.29, 0.717) is 28.7 Å². The Morgan fingerprint density at radius 3 is 3.00 bits per heavy atom. The third-order valence-corrected chi connectivity index (χ3v) is 3.82. The summed E-state index contributed by atoms with van der Waals surface area (Å²) < 4.78 is 7.31. The van der Waals surface area contributed by atoms with Crippen LogP contribution in [-0.2, 0) is 16.1 Å². The molecule has 1 atom stereocenters. The molecular weight excluding hydrogens is 320 g/mol. The van der Waals surface area contributed by atoms with E-state index in [2.05, 4.69) is 15.7 Å². The lowest BCUT2D eigenvalue weighted by molar-refractivity contribution is -0.143. The molecule has 7 nitrogen and oxygen atoms in total. The quantitative estimate of drug-likeness (QED) is 0.843. The molecule has 2 amide bonds. The molecular formula is C15H15ClN4O3. The molecule has 2 N–H and O–H groups in total. The maximum Gasteiger partial charge on any atom is 0.278 e. The van der Waals surface area contributed by atoms with Crippen molar-refractivity contribution >= 4 is 34.8 Å². The molecule has 0 bridgehead atoms. The Morgan fingerprint density at radius 2 is 2.30 bits per heavy atom. The fourth-order valence-electron chi connectivity index (χ4n) is 2.20. The number of aryl methyl sites for hydroxylation is 1. The van der Waals surface area contributed by atoms with Crippen LogP contribution in [0.25, 0.3) is 0 Å². The molecule has 0 spiro atoms. The van der Waals surface area contributed by atoms with Crippen molar-refractivity contribution in [1.29, 1.82) is 0 Å². The summed E-state index contributed by atoms with van der Waals surface area (Å²) in [6.07, 6.45) is 3.19. The third kappa shape index (κ3) is 2.75. The largest absolute Gasteiger partial charge is 0.466 e. The number of nitrogens with zero attached hydrogens (tertiary/aromatic N) is 2. The molecule has 0 fully saturated rings. The van der Waals surface area contributed by atoms with Crippen molar-refractivity contribution in [3.05, 3.63) is 35.6 Å². The van der Waals surface area contributed by atoms with Gasteiger partial charge in [0, 0.05) is 17.8 Å². The van der Waals surface area contributed by atoms with Crippen molar-refractivity contribution in [3.8, 4) is 5.75 Å². The van der Waals surface area contributed by atoms with Crippen LogP contribution in [0.15, 0.2) is 30.6 Å². The van der Waals surface area contributed by atoms with Gasteiger partial charge < -0.3 is 15.4 Å². The van der Waals surface area contributed by atoms with Gasteiger partial charge in [0.05, 0.1) is 17.6 Å². The van der Waals surface area contributed by atoms with E-state index >= 15 is 0 Å². The smallest absolute Gasteiger partial charge is 0.278 e. The van der Waals surface area contributed by atoms with Crippen molar-refractivity contribution in [1.82, 2.24) is 9.78 Å². The Balaban J connectivity index is 1.84.